The van der Waals surface area contributed by atoms with Gasteiger partial charge in [-0.1, -0.05) is 18.6 Å². The molecule has 0 radical (unpaired) electrons. The number of nitrogens with one attached hydrogen (secondary N) is 2. The molecule has 3 aliphatic rings. The van der Waals surface area contributed by atoms with Crippen LogP contribution < -0.4 is 10.6 Å². The van der Waals surface area contributed by atoms with Crippen molar-refractivity contribution in [2.24, 2.45) is 17.8 Å². The number of amides is 1. The Morgan fingerprint density at radius 3 is 2.76 bits per heavy atom. The molecule has 2 fully saturated rings. The Kier molecular flexibility index (Phi) is 3.26. The van der Waals surface area contributed by atoms with Crippen molar-refractivity contribution in [1.82, 2.24) is 5.32 Å². The van der Waals surface area contributed by atoms with E-state index in [-0.39, 0.29) is 5.91 Å². The van der Waals surface area contributed by atoms with Gasteiger partial charge in [-0.25, -0.2) is 0 Å². The van der Waals surface area contributed by atoms with E-state index >= 15 is 0 Å². The Morgan fingerprint density at radius 2 is 2.00 bits per heavy atom. The highest BCUT2D eigenvalue weighted by Crippen LogP contribution is 2.62. The number of anilines is 1. The van der Waals surface area contributed by atoms with Crippen molar-refractivity contribution in [3.05, 3.63) is 29.3 Å². The number of rotatable bonds is 3. The second-order valence-corrected chi connectivity index (χ2v) is 6.92. The lowest BCUT2D eigenvalue weighted by atomic mass is 9.94. The fourth-order valence-electron chi connectivity index (χ4n) is 4.74. The van der Waals surface area contributed by atoms with Gasteiger partial charge in [0.1, 0.15) is 0 Å². The SMILES string of the molecule is CNC(c1ccc2c(c1)CCCC(=O)N2)C1C2CCCC21. The maximum absolute atomic E-state index is 11.6. The molecule has 3 nitrogen and oxygen atoms in total. The van der Waals surface area contributed by atoms with Gasteiger partial charge < -0.3 is 10.6 Å². The number of fused-ring (bicyclic) bond motifs is 2. The molecule has 0 bridgehead atoms. The number of hydrogen-bond donors (Lipinski definition) is 2. The van der Waals surface area contributed by atoms with Crippen molar-refractivity contribution in [2.75, 3.05) is 12.4 Å². The maximum atomic E-state index is 11.6. The van der Waals surface area contributed by atoms with Gasteiger partial charge in [0.2, 0.25) is 5.91 Å². The van der Waals surface area contributed by atoms with Gasteiger partial charge in [-0.15, -0.1) is 0 Å². The predicted octanol–water partition coefficient (Wildman–Crippen LogP) is 3.27. The van der Waals surface area contributed by atoms with E-state index in [2.05, 4.69) is 35.9 Å². The molecule has 4 rings (SSSR count). The van der Waals surface area contributed by atoms with Gasteiger partial charge in [0.25, 0.3) is 0 Å². The molecule has 3 unspecified atom stereocenters. The van der Waals surface area contributed by atoms with Gasteiger partial charge in [-0.05, 0) is 67.7 Å². The molecule has 2 saturated carbocycles. The zero-order valence-corrected chi connectivity index (χ0v) is 12.7. The number of hydrogen-bond acceptors (Lipinski definition) is 2. The Morgan fingerprint density at radius 1 is 1.19 bits per heavy atom. The average Bonchev–Trinajstić information content (AvgIpc) is 3.00. The van der Waals surface area contributed by atoms with Crippen molar-refractivity contribution >= 4 is 11.6 Å². The lowest BCUT2D eigenvalue weighted by molar-refractivity contribution is -0.116. The summed E-state index contributed by atoms with van der Waals surface area (Å²) in [4.78, 5) is 11.6. The first-order valence-electron chi connectivity index (χ1n) is 8.38. The Labute approximate surface area is 126 Å². The van der Waals surface area contributed by atoms with E-state index in [1.165, 1.54) is 30.4 Å². The largest absolute Gasteiger partial charge is 0.326 e. The van der Waals surface area contributed by atoms with Gasteiger partial charge in [0.05, 0.1) is 0 Å². The third-order valence-corrected chi connectivity index (χ3v) is 5.78. The zero-order valence-electron chi connectivity index (χ0n) is 12.7. The summed E-state index contributed by atoms with van der Waals surface area (Å²) in [6.45, 7) is 0. The van der Waals surface area contributed by atoms with E-state index in [1.54, 1.807) is 0 Å². The lowest BCUT2D eigenvalue weighted by Gasteiger charge is -2.20. The Bertz CT molecular complexity index is 558. The van der Waals surface area contributed by atoms with Crippen molar-refractivity contribution in [3.8, 4) is 0 Å². The standard InChI is InChI=1S/C18H24N2O/c1-19-18(17-13-5-3-6-14(13)17)12-8-9-15-11(10-12)4-2-7-16(21)20-15/h8-10,13-14,17-19H,2-7H2,1H3,(H,20,21). The number of carbonyl (C=O) groups is 1. The summed E-state index contributed by atoms with van der Waals surface area (Å²) in [6, 6.07) is 7.14. The smallest absolute Gasteiger partial charge is 0.224 e. The minimum atomic E-state index is 0.156. The molecule has 0 saturated heterocycles. The highest BCUT2D eigenvalue weighted by Gasteiger charge is 2.55. The summed E-state index contributed by atoms with van der Waals surface area (Å²) in [7, 11) is 2.09. The summed E-state index contributed by atoms with van der Waals surface area (Å²) < 4.78 is 0. The molecule has 2 N–H and O–H groups in total. The van der Waals surface area contributed by atoms with Gasteiger partial charge >= 0.3 is 0 Å². The van der Waals surface area contributed by atoms with Gasteiger partial charge in [0, 0.05) is 18.2 Å². The van der Waals surface area contributed by atoms with Crippen LogP contribution in [0.5, 0.6) is 0 Å². The molecule has 3 atom stereocenters. The normalized spacial score (nSPS) is 31.9. The summed E-state index contributed by atoms with van der Waals surface area (Å²) in [5, 5.41) is 6.58. The highest BCUT2D eigenvalue weighted by atomic mass is 16.1. The van der Waals surface area contributed by atoms with Crippen LogP contribution in [0, 0.1) is 17.8 Å². The molecule has 1 amide bonds. The summed E-state index contributed by atoms with van der Waals surface area (Å²) in [6.07, 6.45) is 6.89. The molecular formula is C18H24N2O. The third kappa shape index (κ3) is 2.28. The average molecular weight is 284 g/mol. The molecule has 1 aromatic rings. The third-order valence-electron chi connectivity index (χ3n) is 5.78. The lowest BCUT2D eigenvalue weighted by Crippen LogP contribution is -2.21. The van der Waals surface area contributed by atoms with Crippen LogP contribution in [0.1, 0.15) is 49.3 Å². The van der Waals surface area contributed by atoms with Crippen LogP contribution in [-0.4, -0.2) is 13.0 Å². The van der Waals surface area contributed by atoms with E-state index < -0.39 is 0 Å². The molecule has 1 aromatic carbocycles. The quantitative estimate of drug-likeness (QED) is 0.894. The van der Waals surface area contributed by atoms with E-state index in [4.69, 9.17) is 0 Å². The van der Waals surface area contributed by atoms with Crippen LogP contribution >= 0.6 is 0 Å². The van der Waals surface area contributed by atoms with Crippen LogP contribution in [-0.2, 0) is 11.2 Å². The van der Waals surface area contributed by atoms with E-state index in [9.17, 15) is 4.79 Å². The van der Waals surface area contributed by atoms with Gasteiger partial charge in [-0.3, -0.25) is 4.79 Å². The molecule has 3 heteroatoms. The van der Waals surface area contributed by atoms with Crippen molar-refractivity contribution < 1.29 is 4.79 Å². The minimum absolute atomic E-state index is 0.156. The maximum Gasteiger partial charge on any atom is 0.224 e. The Hall–Kier alpha value is -1.35. The predicted molar refractivity (Wildman–Crippen MR) is 84.1 cm³/mol. The fraction of sp³-hybridized carbons (Fsp3) is 0.611. The van der Waals surface area contributed by atoms with Crippen molar-refractivity contribution in [1.29, 1.82) is 0 Å². The summed E-state index contributed by atoms with van der Waals surface area (Å²) in [5.74, 6) is 2.91. The van der Waals surface area contributed by atoms with Crippen molar-refractivity contribution in [3.63, 3.8) is 0 Å². The number of aryl methyl sites for hydroxylation is 1. The van der Waals surface area contributed by atoms with Crippen LogP contribution in [0.2, 0.25) is 0 Å². The first-order chi connectivity index (χ1) is 10.3. The van der Waals surface area contributed by atoms with Crippen LogP contribution in [0.25, 0.3) is 0 Å². The number of carbonyl (C=O) groups excluding carboxylic acids is 1. The highest BCUT2D eigenvalue weighted by molar-refractivity contribution is 5.92. The van der Waals surface area contributed by atoms with Gasteiger partial charge in [0.15, 0.2) is 0 Å². The Balaban J connectivity index is 1.60. The molecule has 112 valence electrons. The second kappa shape index (κ2) is 5.13. The first kappa shape index (κ1) is 13.3. The molecule has 1 aliphatic heterocycles. The fourth-order valence-corrected chi connectivity index (χ4v) is 4.74. The second-order valence-electron chi connectivity index (χ2n) is 6.92. The van der Waals surface area contributed by atoms with E-state index in [0.29, 0.717) is 12.5 Å². The van der Waals surface area contributed by atoms with Crippen molar-refractivity contribution in [2.45, 2.75) is 44.6 Å². The van der Waals surface area contributed by atoms with Gasteiger partial charge in [-0.2, -0.15) is 0 Å². The molecule has 21 heavy (non-hydrogen) atoms. The molecule has 2 aliphatic carbocycles. The molecule has 0 aromatic heterocycles. The first-order valence-corrected chi connectivity index (χ1v) is 8.38. The van der Waals surface area contributed by atoms with Crippen LogP contribution in [0.3, 0.4) is 0 Å². The molecular weight excluding hydrogens is 260 g/mol. The monoisotopic (exact) mass is 284 g/mol. The number of benzene rings is 1. The zero-order chi connectivity index (χ0) is 14.4. The van der Waals surface area contributed by atoms with Crippen LogP contribution in [0.4, 0.5) is 5.69 Å². The van der Waals surface area contributed by atoms with Crippen LogP contribution in [0.15, 0.2) is 18.2 Å². The molecule has 0 spiro atoms. The van der Waals surface area contributed by atoms with E-state index in [1.807, 2.05) is 0 Å². The van der Waals surface area contributed by atoms with E-state index in [0.717, 1.165) is 36.3 Å². The minimum Gasteiger partial charge on any atom is -0.326 e. The summed E-state index contributed by atoms with van der Waals surface area (Å²) in [5.41, 5.74) is 3.74. The summed E-state index contributed by atoms with van der Waals surface area (Å²) >= 11 is 0. The molecule has 1 heterocycles. The topological polar surface area (TPSA) is 41.1 Å².